The largest absolute Gasteiger partial charge is 0.336 e. The summed E-state index contributed by atoms with van der Waals surface area (Å²) in [6.45, 7) is 4.80. The molecule has 0 spiro atoms. The Morgan fingerprint density at radius 1 is 1.32 bits per heavy atom. The standard InChI is InChI=1S/C17H21N3O2/c1-3-15-6-4-5-11-20(15)17(21)14-9-7-13(8-10-14)16-18-12(2)19-22-16/h7-10,15H,3-6,11H2,1-2H3. The Morgan fingerprint density at radius 3 is 2.73 bits per heavy atom. The minimum absolute atomic E-state index is 0.125. The van der Waals surface area contributed by atoms with Gasteiger partial charge in [-0.25, -0.2) is 0 Å². The van der Waals surface area contributed by atoms with Crippen molar-refractivity contribution in [2.24, 2.45) is 0 Å². The van der Waals surface area contributed by atoms with Crippen molar-refractivity contribution < 1.29 is 9.32 Å². The fraction of sp³-hybridized carbons (Fsp3) is 0.471. The lowest BCUT2D eigenvalue weighted by molar-refractivity contribution is 0.0608. The topological polar surface area (TPSA) is 59.2 Å². The monoisotopic (exact) mass is 299 g/mol. The molecule has 1 aromatic heterocycles. The van der Waals surface area contributed by atoms with Gasteiger partial charge in [0.15, 0.2) is 5.82 Å². The van der Waals surface area contributed by atoms with Crippen molar-refractivity contribution in [1.82, 2.24) is 15.0 Å². The van der Waals surface area contributed by atoms with E-state index >= 15 is 0 Å². The Kier molecular flexibility index (Phi) is 4.22. The lowest BCUT2D eigenvalue weighted by atomic mass is 9.98. The second-order valence-electron chi connectivity index (χ2n) is 5.78. The first kappa shape index (κ1) is 14.8. The second kappa shape index (κ2) is 6.30. The third-order valence-corrected chi connectivity index (χ3v) is 4.27. The SMILES string of the molecule is CCC1CCCCN1C(=O)c1ccc(-c2nc(C)no2)cc1. The zero-order valence-corrected chi connectivity index (χ0v) is 13.1. The smallest absolute Gasteiger partial charge is 0.257 e. The lowest BCUT2D eigenvalue weighted by Gasteiger charge is -2.35. The van der Waals surface area contributed by atoms with Crippen LogP contribution in [0.2, 0.25) is 0 Å². The van der Waals surface area contributed by atoms with Crippen LogP contribution in [0.15, 0.2) is 28.8 Å². The Balaban J connectivity index is 1.78. The van der Waals surface area contributed by atoms with Gasteiger partial charge in [-0.2, -0.15) is 4.98 Å². The number of carbonyl (C=O) groups is 1. The minimum Gasteiger partial charge on any atom is -0.336 e. The normalized spacial score (nSPS) is 18.5. The van der Waals surface area contributed by atoms with E-state index in [1.807, 2.05) is 29.2 Å². The number of amides is 1. The van der Waals surface area contributed by atoms with Crippen molar-refractivity contribution >= 4 is 5.91 Å². The molecule has 1 unspecified atom stereocenters. The lowest BCUT2D eigenvalue weighted by Crippen LogP contribution is -2.43. The van der Waals surface area contributed by atoms with Gasteiger partial charge in [0.1, 0.15) is 0 Å². The molecule has 1 aliphatic heterocycles. The minimum atomic E-state index is 0.125. The molecule has 0 bridgehead atoms. The van der Waals surface area contributed by atoms with Crippen molar-refractivity contribution in [3.05, 3.63) is 35.7 Å². The molecule has 0 saturated carbocycles. The van der Waals surface area contributed by atoms with Crippen LogP contribution in [0, 0.1) is 6.92 Å². The molecule has 5 nitrogen and oxygen atoms in total. The number of aromatic nitrogens is 2. The fourth-order valence-electron chi connectivity index (χ4n) is 3.03. The van der Waals surface area contributed by atoms with E-state index < -0.39 is 0 Å². The van der Waals surface area contributed by atoms with Crippen LogP contribution in [0.3, 0.4) is 0 Å². The van der Waals surface area contributed by atoms with E-state index in [4.69, 9.17) is 4.52 Å². The van der Waals surface area contributed by atoms with Gasteiger partial charge in [0.05, 0.1) is 0 Å². The van der Waals surface area contributed by atoms with Crippen LogP contribution in [-0.2, 0) is 0 Å². The van der Waals surface area contributed by atoms with E-state index in [1.165, 1.54) is 6.42 Å². The third kappa shape index (κ3) is 2.89. The molecule has 1 aromatic carbocycles. The Morgan fingerprint density at radius 2 is 2.09 bits per heavy atom. The van der Waals surface area contributed by atoms with Crippen LogP contribution >= 0.6 is 0 Å². The van der Waals surface area contributed by atoms with Crippen LogP contribution in [0.1, 0.15) is 48.8 Å². The number of nitrogens with zero attached hydrogens (tertiary/aromatic N) is 3. The summed E-state index contributed by atoms with van der Waals surface area (Å²) in [6.07, 6.45) is 4.45. The second-order valence-corrected chi connectivity index (χ2v) is 5.78. The molecule has 0 N–H and O–H groups in total. The van der Waals surface area contributed by atoms with Gasteiger partial charge in [0, 0.05) is 23.7 Å². The zero-order valence-electron chi connectivity index (χ0n) is 13.1. The first-order valence-corrected chi connectivity index (χ1v) is 7.90. The number of aryl methyl sites for hydroxylation is 1. The number of hydrogen-bond donors (Lipinski definition) is 0. The third-order valence-electron chi connectivity index (χ3n) is 4.27. The predicted molar refractivity (Wildman–Crippen MR) is 83.4 cm³/mol. The zero-order chi connectivity index (χ0) is 15.5. The van der Waals surface area contributed by atoms with Crippen LogP contribution in [0.5, 0.6) is 0 Å². The highest BCUT2D eigenvalue weighted by atomic mass is 16.5. The molecule has 3 rings (SSSR count). The molecule has 1 amide bonds. The average Bonchev–Trinajstić information content (AvgIpc) is 3.01. The number of piperidine rings is 1. The number of rotatable bonds is 3. The molecule has 0 radical (unpaired) electrons. The highest BCUT2D eigenvalue weighted by Gasteiger charge is 2.26. The Labute approximate surface area is 130 Å². The molecular formula is C17H21N3O2. The highest BCUT2D eigenvalue weighted by Crippen LogP contribution is 2.23. The van der Waals surface area contributed by atoms with Crippen LogP contribution < -0.4 is 0 Å². The van der Waals surface area contributed by atoms with Gasteiger partial charge in [0.2, 0.25) is 0 Å². The van der Waals surface area contributed by atoms with Crippen LogP contribution in [0.4, 0.5) is 0 Å². The Bertz CT molecular complexity index is 648. The summed E-state index contributed by atoms with van der Waals surface area (Å²) >= 11 is 0. The number of carbonyl (C=O) groups excluding carboxylic acids is 1. The average molecular weight is 299 g/mol. The quantitative estimate of drug-likeness (QED) is 0.871. The molecule has 2 heterocycles. The van der Waals surface area contributed by atoms with E-state index in [1.54, 1.807) is 6.92 Å². The van der Waals surface area contributed by atoms with Gasteiger partial charge in [0.25, 0.3) is 11.8 Å². The van der Waals surface area contributed by atoms with E-state index in [-0.39, 0.29) is 5.91 Å². The molecule has 1 fully saturated rings. The summed E-state index contributed by atoms with van der Waals surface area (Å²) in [5.41, 5.74) is 1.56. The van der Waals surface area contributed by atoms with Gasteiger partial charge in [-0.1, -0.05) is 12.1 Å². The first-order valence-electron chi connectivity index (χ1n) is 7.90. The van der Waals surface area contributed by atoms with E-state index in [0.29, 0.717) is 17.8 Å². The maximum atomic E-state index is 12.7. The summed E-state index contributed by atoms with van der Waals surface area (Å²) in [7, 11) is 0. The maximum absolute atomic E-state index is 12.7. The maximum Gasteiger partial charge on any atom is 0.257 e. The molecule has 22 heavy (non-hydrogen) atoms. The fourth-order valence-corrected chi connectivity index (χ4v) is 3.03. The molecule has 1 aliphatic rings. The van der Waals surface area contributed by atoms with E-state index in [9.17, 15) is 4.79 Å². The molecule has 2 aromatic rings. The van der Waals surface area contributed by atoms with Crippen molar-refractivity contribution in [3.63, 3.8) is 0 Å². The van der Waals surface area contributed by atoms with Crippen molar-refractivity contribution in [2.45, 2.75) is 45.6 Å². The van der Waals surface area contributed by atoms with Crippen molar-refractivity contribution in [3.8, 4) is 11.5 Å². The van der Waals surface area contributed by atoms with Crippen LogP contribution in [-0.4, -0.2) is 33.5 Å². The van der Waals surface area contributed by atoms with Gasteiger partial charge in [-0.15, -0.1) is 0 Å². The molecule has 5 heteroatoms. The van der Waals surface area contributed by atoms with Crippen molar-refractivity contribution in [2.75, 3.05) is 6.54 Å². The van der Waals surface area contributed by atoms with Gasteiger partial charge < -0.3 is 9.42 Å². The van der Waals surface area contributed by atoms with Gasteiger partial charge >= 0.3 is 0 Å². The Hall–Kier alpha value is -2.17. The summed E-state index contributed by atoms with van der Waals surface area (Å²) in [4.78, 5) is 18.9. The molecule has 0 aliphatic carbocycles. The summed E-state index contributed by atoms with van der Waals surface area (Å²) in [5.74, 6) is 1.22. The summed E-state index contributed by atoms with van der Waals surface area (Å²) in [6, 6.07) is 7.80. The van der Waals surface area contributed by atoms with Crippen molar-refractivity contribution in [1.29, 1.82) is 0 Å². The van der Waals surface area contributed by atoms with E-state index in [2.05, 4.69) is 17.1 Å². The highest BCUT2D eigenvalue weighted by molar-refractivity contribution is 5.94. The molecular weight excluding hydrogens is 278 g/mol. The number of likely N-dealkylation sites (tertiary alicyclic amines) is 1. The number of benzene rings is 1. The van der Waals surface area contributed by atoms with Gasteiger partial charge in [-0.3, -0.25) is 4.79 Å². The predicted octanol–water partition coefficient (Wildman–Crippen LogP) is 3.45. The van der Waals surface area contributed by atoms with Crippen LogP contribution in [0.25, 0.3) is 11.5 Å². The summed E-state index contributed by atoms with van der Waals surface area (Å²) < 4.78 is 5.15. The van der Waals surface area contributed by atoms with E-state index in [0.717, 1.165) is 36.9 Å². The summed E-state index contributed by atoms with van der Waals surface area (Å²) in [5, 5.41) is 3.78. The molecule has 1 saturated heterocycles. The first-order chi connectivity index (χ1) is 10.7. The number of hydrogen-bond acceptors (Lipinski definition) is 4. The van der Waals surface area contributed by atoms with Gasteiger partial charge in [-0.05, 0) is 56.9 Å². The molecule has 1 atom stereocenters. The molecule has 116 valence electrons.